The zero-order valence-electron chi connectivity index (χ0n) is 60.7. The van der Waals surface area contributed by atoms with Gasteiger partial charge in [0.05, 0.1) is 16.5 Å². The first-order valence-corrected chi connectivity index (χ1v) is 50.9. The molecule has 540 valence electrons. The molecule has 2 heterocycles. The predicted molar refractivity (Wildman–Crippen MR) is 469 cm³/mol. The summed E-state index contributed by atoms with van der Waals surface area (Å²) in [6.45, 7) is 0. The number of aryl methyl sites for hydroxylation is 4. The topological polar surface area (TPSA) is 25.8 Å². The van der Waals surface area contributed by atoms with Crippen molar-refractivity contribution < 1.29 is 32.3 Å². The Morgan fingerprint density at radius 1 is 0.291 bits per heavy atom. The molecule has 18 rings (SSSR count). The van der Waals surface area contributed by atoms with Gasteiger partial charge in [-0.2, -0.15) is 18.2 Å². The molecule has 2 nitrogen and oxygen atoms in total. The third-order valence-corrected chi connectivity index (χ3v) is 25.0. The van der Waals surface area contributed by atoms with E-state index in [4.69, 9.17) is 19.1 Å². The molecule has 0 amide bonds. The summed E-state index contributed by atoms with van der Waals surface area (Å²) in [4.78, 5) is 8.21. The molecule has 10 heteroatoms. The predicted octanol–water partition coefficient (Wildman–Crippen LogP) is 24.2. The fourth-order valence-corrected chi connectivity index (χ4v) is 19.8. The van der Waals surface area contributed by atoms with Crippen molar-refractivity contribution in [1.82, 2.24) is 9.97 Å². The SMILES string of the molecule is Brc1ccc(C2(c3ccccc3)c3ccccc3CCc3ccccc32)cc1.[Cl][Pd][Cl].[Zn+][Br].[c-]1ccccn1.c1ccc(C2(c3ccc(-c4ccccn4)cc3)c3ccccc3CCc3ccccc32)cc1.c1ccc(P(c2ccccc2)c2ccccc2)cc1.c1ccc(P(c2ccccc2)c2ccccc2)cc1. The van der Waals surface area contributed by atoms with Gasteiger partial charge >= 0.3 is 65.0 Å². The summed E-state index contributed by atoms with van der Waals surface area (Å²) >= 11 is 7.77. The van der Waals surface area contributed by atoms with Gasteiger partial charge in [0.2, 0.25) is 0 Å². The normalized spacial score (nSPS) is 12.3. The van der Waals surface area contributed by atoms with Crippen LogP contribution in [0.15, 0.2) is 442 Å². The summed E-state index contributed by atoms with van der Waals surface area (Å²) in [6, 6.07) is 152. The average Bonchev–Trinajstić information content (AvgIpc) is 1.38. The fourth-order valence-electron chi connectivity index (χ4n) is 15.0. The van der Waals surface area contributed by atoms with Crippen LogP contribution in [0, 0.1) is 6.20 Å². The average molecular weight is 1770 g/mol. The maximum atomic E-state index is 4.81. The monoisotopic (exact) mass is 1770 g/mol. The van der Waals surface area contributed by atoms with Crippen molar-refractivity contribution in [1.29, 1.82) is 0 Å². The Hall–Kier alpha value is -8.93. The Labute approximate surface area is 694 Å². The number of pyridine rings is 2. The van der Waals surface area contributed by atoms with Crippen LogP contribution in [-0.2, 0) is 68.8 Å². The molecule has 2 aliphatic rings. The van der Waals surface area contributed by atoms with Crippen molar-refractivity contribution in [2.75, 3.05) is 0 Å². The van der Waals surface area contributed by atoms with Gasteiger partial charge in [-0.15, -0.1) is 0 Å². The Morgan fingerprint density at radius 3 is 0.800 bits per heavy atom. The largest absolute Gasteiger partial charge is 0.394 e. The molecule has 16 aromatic rings. The van der Waals surface area contributed by atoms with Crippen molar-refractivity contribution >= 4 is 96.3 Å². The number of rotatable bonds is 11. The molecule has 0 unspecified atom stereocenters. The number of halogens is 4. The van der Waals surface area contributed by atoms with Gasteiger partial charge in [0.1, 0.15) is 0 Å². The summed E-state index contributed by atoms with van der Waals surface area (Å²) in [5, 5.41) is 8.39. The summed E-state index contributed by atoms with van der Waals surface area (Å²) in [5.41, 5.74) is 17.9. The van der Waals surface area contributed by atoms with Crippen LogP contribution in [0.25, 0.3) is 11.3 Å². The maximum absolute atomic E-state index is 4.81. The van der Waals surface area contributed by atoms with Gasteiger partial charge in [-0.3, -0.25) is 4.98 Å². The van der Waals surface area contributed by atoms with Crippen LogP contribution in [0.3, 0.4) is 0 Å². The molecule has 0 fully saturated rings. The van der Waals surface area contributed by atoms with Crippen LogP contribution in [0.1, 0.15) is 66.8 Å². The zero-order valence-corrected chi connectivity index (χ0v) is 71.7. The molecule has 14 aromatic carbocycles. The molecule has 0 bridgehead atoms. The van der Waals surface area contributed by atoms with E-state index in [2.05, 4.69) is 440 Å². The van der Waals surface area contributed by atoms with Crippen LogP contribution in [-0.4, -0.2) is 9.97 Å². The third-order valence-electron chi connectivity index (χ3n) is 19.6. The molecule has 110 heavy (non-hydrogen) atoms. The summed E-state index contributed by atoms with van der Waals surface area (Å²) < 4.78 is 1.11. The number of benzene rings is 14. The van der Waals surface area contributed by atoms with Gasteiger partial charge in [0.25, 0.3) is 0 Å². The Balaban J connectivity index is 0.000000133. The van der Waals surface area contributed by atoms with Gasteiger partial charge in [0.15, 0.2) is 0 Å². The number of nitrogens with zero attached hydrogens (tertiary/aromatic N) is 2. The van der Waals surface area contributed by atoms with E-state index in [-0.39, 0.29) is 26.8 Å². The van der Waals surface area contributed by atoms with E-state index < -0.39 is 15.8 Å². The molecule has 0 radical (unpaired) electrons. The fraction of sp³-hybridized carbons (Fsp3) is 0.0600. The minimum absolute atomic E-state index is 0.106. The van der Waals surface area contributed by atoms with Gasteiger partial charge in [-0.25, -0.2) is 0 Å². The Bertz CT molecular complexity index is 4910. The van der Waals surface area contributed by atoms with E-state index in [1.165, 1.54) is 115 Å². The molecule has 2 aromatic heterocycles. The maximum Gasteiger partial charge on any atom is 0.0706 e. The van der Waals surface area contributed by atoms with Gasteiger partial charge in [-0.1, -0.05) is 411 Å². The van der Waals surface area contributed by atoms with Crippen molar-refractivity contribution in [2.45, 2.75) is 36.5 Å². The molecule has 0 N–H and O–H groups in total. The minimum atomic E-state index is -0.446. The summed E-state index contributed by atoms with van der Waals surface area (Å²) in [5.74, 6) is 0. The smallest absolute Gasteiger partial charge is 0.0706 e. The molecule has 0 saturated heterocycles. The second-order valence-electron chi connectivity index (χ2n) is 25.8. The summed E-state index contributed by atoms with van der Waals surface area (Å²) in [6.07, 6.45) is 10.4. The van der Waals surface area contributed by atoms with E-state index in [1.54, 1.807) is 12.3 Å². The minimum Gasteiger partial charge on any atom is -0.394 e. The molecule has 0 saturated carbocycles. The first-order valence-electron chi connectivity index (χ1n) is 36.5. The Morgan fingerprint density at radius 2 is 0.545 bits per heavy atom. The molecular formula is C100H80Br2Cl2N2P2PdZn. The van der Waals surface area contributed by atoms with Crippen molar-refractivity contribution in [3.8, 4) is 11.3 Å². The second-order valence-corrected chi connectivity index (χ2v) is 33.6. The van der Waals surface area contributed by atoms with Crippen LogP contribution in [0.2, 0.25) is 0 Å². The number of hydrogen-bond donors (Lipinski definition) is 0. The number of aromatic nitrogens is 2. The van der Waals surface area contributed by atoms with Crippen molar-refractivity contribution in [3.05, 3.63) is 514 Å². The molecule has 0 atom stereocenters. The van der Waals surface area contributed by atoms with Crippen molar-refractivity contribution in [3.63, 3.8) is 0 Å². The summed E-state index contributed by atoms with van der Waals surface area (Å²) in [7, 11) is 8.74. The quantitative estimate of drug-likeness (QED) is 0.0733. The molecule has 0 spiro atoms. The van der Waals surface area contributed by atoms with Crippen LogP contribution < -0.4 is 31.8 Å². The van der Waals surface area contributed by atoms with E-state index >= 15 is 0 Å². The van der Waals surface area contributed by atoms with E-state index in [0.717, 1.165) is 41.4 Å². The Kier molecular flexibility index (Phi) is 31.1. The molecular weight excluding hydrogens is 1690 g/mol. The number of hydrogen-bond acceptors (Lipinski definition) is 2. The first kappa shape index (κ1) is 80.6. The standard InChI is InChI=1S/C32H25N.C27H21Br.2C18H15P.C5H4N.BrH.2ClH.Pd.Zn/c1-2-12-27(13-3-1)32(28-21-19-26(20-22-28)31-16-8-9-23-33-31)29-14-6-4-10-24(29)17-18-25-11-5-7-15-30(25)32;28-24-18-16-23(17-19-24)27(22-10-2-1-3-11-22)25-12-6-4-8-20(25)14-15-21-9-5-7-13-26(21)27;2*1-4-10-16(11-5-1)19(17-12-6-2-7-13-17)18-14-8-3-9-15-18;1-2-4-6-5-3-1;;;;;/h1-16,19-23H,17-18H2;1-13,16-19H,14-15H2;2*1-15H;1-4H;3*1H;;/q;;;;-1;;;;2*+2/p-3. The van der Waals surface area contributed by atoms with Crippen LogP contribution >= 0.6 is 64.5 Å². The van der Waals surface area contributed by atoms with E-state index in [9.17, 15) is 0 Å². The molecule has 0 aliphatic heterocycles. The second kappa shape index (κ2) is 42.5. The van der Waals surface area contributed by atoms with Crippen LogP contribution in [0.4, 0.5) is 0 Å². The molecule has 2 aliphatic carbocycles. The van der Waals surface area contributed by atoms with E-state index in [0.29, 0.717) is 0 Å². The number of fused-ring (bicyclic) bond motifs is 4. The zero-order chi connectivity index (χ0) is 75.8. The van der Waals surface area contributed by atoms with Gasteiger partial charge < -0.3 is 4.98 Å². The first-order chi connectivity index (χ1) is 54.5. The van der Waals surface area contributed by atoms with Gasteiger partial charge in [0, 0.05) is 16.2 Å². The van der Waals surface area contributed by atoms with Gasteiger partial charge in [-0.05, 0) is 164 Å². The van der Waals surface area contributed by atoms with Crippen LogP contribution in [0.5, 0.6) is 0 Å². The third kappa shape index (κ3) is 19.9. The van der Waals surface area contributed by atoms with Crippen molar-refractivity contribution in [2.24, 2.45) is 0 Å². The van der Waals surface area contributed by atoms with E-state index in [1.807, 2.05) is 30.5 Å².